The van der Waals surface area contributed by atoms with Gasteiger partial charge in [0.05, 0.1) is 10.6 Å². The van der Waals surface area contributed by atoms with Crippen LogP contribution in [0.25, 0.3) is 10.8 Å². The molecule has 0 aromatic heterocycles. The Labute approximate surface area is 129 Å². The van der Waals surface area contributed by atoms with E-state index in [1.54, 1.807) is 18.2 Å². The third-order valence-electron chi connectivity index (χ3n) is 2.93. The number of hydrogen-bond acceptors (Lipinski definition) is 4. The predicted molar refractivity (Wildman–Crippen MR) is 89.7 cm³/mol. The maximum atomic E-state index is 12.4. The van der Waals surface area contributed by atoms with Crippen molar-refractivity contribution in [2.24, 2.45) is 0 Å². The number of rotatable bonds is 6. The van der Waals surface area contributed by atoms with Gasteiger partial charge in [-0.15, -0.1) is 18.2 Å². The van der Waals surface area contributed by atoms with Crippen LogP contribution in [0.1, 0.15) is 0 Å². The van der Waals surface area contributed by atoms with Crippen molar-refractivity contribution in [2.45, 2.75) is 4.90 Å². The third-order valence-corrected chi connectivity index (χ3v) is 5.31. The maximum absolute atomic E-state index is 12.4. The van der Waals surface area contributed by atoms with Gasteiger partial charge < -0.3 is 5.73 Å². The normalized spacial score (nSPS) is 11.4. The Balaban J connectivity index is 2.25. The van der Waals surface area contributed by atoms with Gasteiger partial charge in [0.1, 0.15) is 0 Å². The summed E-state index contributed by atoms with van der Waals surface area (Å²) in [6.45, 7) is 0.341. The lowest BCUT2D eigenvalue weighted by atomic mass is 10.1. The number of nitrogen functional groups attached to an aromatic ring is 1. The van der Waals surface area contributed by atoms with E-state index in [4.69, 9.17) is 12.2 Å². The van der Waals surface area contributed by atoms with Gasteiger partial charge in [0.2, 0.25) is 10.0 Å². The van der Waals surface area contributed by atoms with E-state index in [0.29, 0.717) is 29.1 Å². The van der Waals surface area contributed by atoms with E-state index in [1.165, 1.54) is 17.8 Å². The Bertz CT molecular complexity index is 780. The first-order valence-electron chi connectivity index (χ1n) is 6.34. The number of sulfonamides is 1. The monoisotopic (exact) mass is 320 g/mol. The van der Waals surface area contributed by atoms with Crippen molar-refractivity contribution >= 4 is 38.2 Å². The molecule has 2 aromatic carbocycles. The highest BCUT2D eigenvalue weighted by Crippen LogP contribution is 2.27. The molecule has 0 atom stereocenters. The van der Waals surface area contributed by atoms with Gasteiger partial charge in [0.25, 0.3) is 0 Å². The molecule has 0 fully saturated rings. The largest absolute Gasteiger partial charge is 0.398 e. The summed E-state index contributed by atoms with van der Waals surface area (Å²) in [5.74, 6) is 3.71. The van der Waals surface area contributed by atoms with Gasteiger partial charge in [-0.3, -0.25) is 0 Å². The second-order valence-electron chi connectivity index (χ2n) is 4.35. The second kappa shape index (κ2) is 6.85. The number of fused-ring (bicyclic) bond motifs is 1. The molecule has 2 rings (SSSR count). The summed E-state index contributed by atoms with van der Waals surface area (Å²) >= 11 is 1.51. The van der Waals surface area contributed by atoms with Crippen LogP contribution < -0.4 is 10.5 Å². The molecule has 110 valence electrons. The Morgan fingerprint density at radius 1 is 1.19 bits per heavy atom. The molecular weight excluding hydrogens is 304 g/mol. The fourth-order valence-electron chi connectivity index (χ4n) is 1.99. The van der Waals surface area contributed by atoms with Crippen molar-refractivity contribution in [3.05, 3.63) is 36.4 Å². The Kier molecular flexibility index (Phi) is 5.12. The molecule has 0 unspecified atom stereocenters. The molecule has 0 bridgehead atoms. The first-order valence-corrected chi connectivity index (χ1v) is 8.98. The lowest BCUT2D eigenvalue weighted by molar-refractivity contribution is 0.585. The molecule has 0 aliphatic carbocycles. The molecule has 4 nitrogen and oxygen atoms in total. The molecule has 0 amide bonds. The summed E-state index contributed by atoms with van der Waals surface area (Å²) in [7, 11) is -3.56. The Morgan fingerprint density at radius 2 is 1.90 bits per heavy atom. The van der Waals surface area contributed by atoms with E-state index in [0.717, 1.165) is 5.39 Å². The number of anilines is 1. The van der Waals surface area contributed by atoms with Crippen LogP contribution in [0.4, 0.5) is 5.69 Å². The molecule has 0 saturated carbocycles. The molecule has 0 aliphatic rings. The van der Waals surface area contributed by atoms with Crippen LogP contribution in [-0.2, 0) is 10.0 Å². The van der Waals surface area contributed by atoms with Crippen molar-refractivity contribution < 1.29 is 8.42 Å². The van der Waals surface area contributed by atoms with E-state index >= 15 is 0 Å². The van der Waals surface area contributed by atoms with E-state index in [1.807, 2.05) is 12.1 Å². The minimum Gasteiger partial charge on any atom is -0.398 e. The number of terminal acetylenes is 1. The summed E-state index contributed by atoms with van der Waals surface area (Å²) in [6.07, 6.45) is 5.14. The lowest BCUT2D eigenvalue weighted by Crippen LogP contribution is -2.26. The SMILES string of the molecule is C#CCSCCNS(=O)(=O)c1ccc(N)c2ccccc12. The maximum Gasteiger partial charge on any atom is 0.241 e. The smallest absolute Gasteiger partial charge is 0.241 e. The number of nitrogens with two attached hydrogens (primary N) is 1. The fourth-order valence-corrected chi connectivity index (χ4v) is 3.86. The van der Waals surface area contributed by atoms with Crippen LogP contribution in [0, 0.1) is 12.3 Å². The van der Waals surface area contributed by atoms with Gasteiger partial charge in [-0.05, 0) is 12.1 Å². The zero-order valence-corrected chi connectivity index (χ0v) is 13.0. The third kappa shape index (κ3) is 3.70. The number of hydrogen-bond donors (Lipinski definition) is 2. The van der Waals surface area contributed by atoms with Crippen molar-refractivity contribution in [3.8, 4) is 12.3 Å². The van der Waals surface area contributed by atoms with Gasteiger partial charge in [-0.2, -0.15) is 0 Å². The minimum absolute atomic E-state index is 0.245. The fraction of sp³-hybridized carbons (Fsp3) is 0.200. The van der Waals surface area contributed by atoms with Crippen molar-refractivity contribution in [1.29, 1.82) is 0 Å². The van der Waals surface area contributed by atoms with Crippen molar-refractivity contribution in [2.75, 3.05) is 23.8 Å². The van der Waals surface area contributed by atoms with Gasteiger partial charge in [-0.25, -0.2) is 13.1 Å². The highest BCUT2D eigenvalue weighted by Gasteiger charge is 2.17. The van der Waals surface area contributed by atoms with Gasteiger partial charge in [0, 0.05) is 28.8 Å². The molecular formula is C15H16N2O2S2. The zero-order valence-electron chi connectivity index (χ0n) is 11.4. The quantitative estimate of drug-likeness (QED) is 0.485. The summed E-state index contributed by atoms with van der Waals surface area (Å²) in [5.41, 5.74) is 6.45. The molecule has 3 N–H and O–H groups in total. The number of thioether (sulfide) groups is 1. The summed E-state index contributed by atoms with van der Waals surface area (Å²) < 4.78 is 27.4. The molecule has 0 heterocycles. The van der Waals surface area contributed by atoms with Crippen molar-refractivity contribution in [3.63, 3.8) is 0 Å². The van der Waals surface area contributed by atoms with Crippen LogP contribution in [0.5, 0.6) is 0 Å². The molecule has 6 heteroatoms. The van der Waals surface area contributed by atoms with Crippen LogP contribution in [-0.4, -0.2) is 26.5 Å². The number of nitrogens with one attached hydrogen (secondary N) is 1. The minimum atomic E-state index is -3.56. The molecule has 2 aromatic rings. The van der Waals surface area contributed by atoms with E-state index in [-0.39, 0.29) is 4.90 Å². The van der Waals surface area contributed by atoms with Crippen LogP contribution in [0.2, 0.25) is 0 Å². The molecule has 0 spiro atoms. The first kappa shape index (κ1) is 15.7. The highest BCUT2D eigenvalue weighted by atomic mass is 32.2. The van der Waals surface area contributed by atoms with Crippen molar-refractivity contribution in [1.82, 2.24) is 4.72 Å². The van der Waals surface area contributed by atoms with Gasteiger partial charge >= 0.3 is 0 Å². The zero-order chi connectivity index (χ0) is 15.3. The second-order valence-corrected chi connectivity index (χ2v) is 7.19. The summed E-state index contributed by atoms with van der Waals surface area (Å²) in [6, 6.07) is 10.3. The lowest BCUT2D eigenvalue weighted by Gasteiger charge is -2.10. The average Bonchev–Trinajstić information content (AvgIpc) is 2.47. The Hall–Kier alpha value is -1.68. The average molecular weight is 320 g/mol. The Morgan fingerprint density at radius 3 is 2.62 bits per heavy atom. The summed E-state index contributed by atoms with van der Waals surface area (Å²) in [4.78, 5) is 0.245. The van der Waals surface area contributed by atoms with Crippen LogP contribution >= 0.6 is 11.8 Å². The highest BCUT2D eigenvalue weighted by molar-refractivity contribution is 7.99. The predicted octanol–water partition coefficient (Wildman–Crippen LogP) is 2.07. The van der Waals surface area contributed by atoms with Gasteiger partial charge in [-0.1, -0.05) is 30.2 Å². The van der Waals surface area contributed by atoms with Gasteiger partial charge in [0.15, 0.2) is 0 Å². The van der Waals surface area contributed by atoms with Crippen LogP contribution in [0.15, 0.2) is 41.3 Å². The van der Waals surface area contributed by atoms with E-state index in [2.05, 4.69) is 10.6 Å². The molecule has 0 radical (unpaired) electrons. The number of benzene rings is 2. The standard InChI is InChI=1S/C15H16N2O2S2/c1-2-10-20-11-9-17-21(18,19)15-8-7-14(16)12-5-3-4-6-13(12)15/h1,3-8,17H,9-11,16H2. The van der Waals surface area contributed by atoms with Crippen LogP contribution in [0.3, 0.4) is 0 Å². The molecule has 0 saturated heterocycles. The molecule has 21 heavy (non-hydrogen) atoms. The summed E-state index contributed by atoms with van der Waals surface area (Å²) in [5, 5.41) is 1.36. The molecule has 0 aliphatic heterocycles. The topological polar surface area (TPSA) is 72.2 Å². The van der Waals surface area contributed by atoms with E-state index in [9.17, 15) is 8.42 Å². The first-order chi connectivity index (χ1) is 10.1. The van der Waals surface area contributed by atoms with E-state index < -0.39 is 10.0 Å².